The summed E-state index contributed by atoms with van der Waals surface area (Å²) in [6, 6.07) is 17.2. The van der Waals surface area contributed by atoms with Crippen molar-refractivity contribution in [3.8, 4) is 12.3 Å². The van der Waals surface area contributed by atoms with Crippen LogP contribution in [0.1, 0.15) is 28.7 Å². The highest BCUT2D eigenvalue weighted by Crippen LogP contribution is 2.14. The van der Waals surface area contributed by atoms with Gasteiger partial charge in [0.15, 0.2) is 0 Å². The third-order valence-corrected chi connectivity index (χ3v) is 4.86. The van der Waals surface area contributed by atoms with Gasteiger partial charge in [-0.05, 0) is 49.1 Å². The molecule has 0 atom stereocenters. The molecule has 0 aromatic heterocycles. The Morgan fingerprint density at radius 2 is 1.83 bits per heavy atom. The fraction of sp³-hybridized carbons (Fsp3) is 0.400. The molecule has 0 fully saturated rings. The van der Waals surface area contributed by atoms with Gasteiger partial charge in [0.1, 0.15) is 0 Å². The average Bonchev–Trinajstić information content (AvgIpc) is 2.71. The molecule has 2 rings (SSSR count). The van der Waals surface area contributed by atoms with Crippen molar-refractivity contribution in [3.63, 3.8) is 0 Å². The minimum atomic E-state index is 0.0136. The quantitative estimate of drug-likeness (QED) is 0.445. The number of amides is 1. The maximum atomic E-state index is 11.8. The van der Waals surface area contributed by atoms with E-state index in [-0.39, 0.29) is 5.91 Å². The van der Waals surface area contributed by atoms with Gasteiger partial charge < -0.3 is 10.1 Å². The van der Waals surface area contributed by atoms with E-state index >= 15 is 0 Å². The second kappa shape index (κ2) is 12.8. The molecular formula is C25H32N2O2. The number of terminal acetylenes is 1. The second-order valence-electron chi connectivity index (χ2n) is 7.32. The zero-order chi connectivity index (χ0) is 20.9. The smallest absolute Gasteiger partial charge is 0.222 e. The normalized spacial score (nSPS) is 10.7. The van der Waals surface area contributed by atoms with Crippen molar-refractivity contribution >= 4 is 5.91 Å². The number of carbonyl (C=O) groups is 1. The summed E-state index contributed by atoms with van der Waals surface area (Å²) >= 11 is 0. The van der Waals surface area contributed by atoms with Crippen LogP contribution in [0.25, 0.3) is 0 Å². The molecule has 0 saturated heterocycles. The summed E-state index contributed by atoms with van der Waals surface area (Å²) < 4.78 is 5.62. The van der Waals surface area contributed by atoms with E-state index in [4.69, 9.17) is 11.2 Å². The molecule has 0 radical (unpaired) electrons. The van der Waals surface area contributed by atoms with Crippen LogP contribution in [-0.2, 0) is 22.4 Å². The van der Waals surface area contributed by atoms with Gasteiger partial charge in [-0.2, -0.15) is 0 Å². The fourth-order valence-corrected chi connectivity index (χ4v) is 3.02. The predicted octanol–water partition coefficient (Wildman–Crippen LogP) is 3.22. The van der Waals surface area contributed by atoms with E-state index in [2.05, 4.69) is 66.7 Å². The van der Waals surface area contributed by atoms with Crippen molar-refractivity contribution in [2.45, 2.75) is 26.2 Å². The summed E-state index contributed by atoms with van der Waals surface area (Å²) in [6.45, 7) is 5.15. The number of carbonyl (C=O) groups excluding carboxylic acids is 1. The third kappa shape index (κ3) is 8.95. The Morgan fingerprint density at radius 1 is 1.10 bits per heavy atom. The number of benzene rings is 2. The molecular weight excluding hydrogens is 360 g/mol. The molecule has 1 amide bonds. The molecule has 4 nitrogen and oxygen atoms in total. The molecule has 0 heterocycles. The maximum absolute atomic E-state index is 11.8. The summed E-state index contributed by atoms with van der Waals surface area (Å²) in [5, 5.41) is 2.88. The van der Waals surface area contributed by atoms with Gasteiger partial charge in [0, 0.05) is 19.5 Å². The molecule has 2 aromatic rings. The predicted molar refractivity (Wildman–Crippen MR) is 119 cm³/mol. The lowest BCUT2D eigenvalue weighted by atomic mass is 9.99. The molecule has 0 unspecified atom stereocenters. The van der Waals surface area contributed by atoms with Crippen LogP contribution >= 0.6 is 0 Å². The Bertz CT molecular complexity index is 793. The van der Waals surface area contributed by atoms with E-state index in [1.54, 1.807) is 0 Å². The number of aryl methyl sites for hydroxylation is 1. The van der Waals surface area contributed by atoms with E-state index in [9.17, 15) is 4.79 Å². The molecule has 1 N–H and O–H groups in total. The van der Waals surface area contributed by atoms with E-state index in [1.807, 2.05) is 11.9 Å². The van der Waals surface area contributed by atoms with Crippen molar-refractivity contribution in [2.75, 3.05) is 39.9 Å². The SMILES string of the molecule is C#CCN(C)CCNC(=O)CCOCCc1ccc(Cc2ccccc2C)cc1. The molecule has 0 spiro atoms. The molecule has 2 aromatic carbocycles. The van der Waals surface area contributed by atoms with Crippen LogP contribution in [0.2, 0.25) is 0 Å². The first-order valence-electron chi connectivity index (χ1n) is 10.2. The largest absolute Gasteiger partial charge is 0.381 e. The van der Waals surface area contributed by atoms with Gasteiger partial charge >= 0.3 is 0 Å². The Kier molecular flexibility index (Phi) is 9.99. The van der Waals surface area contributed by atoms with Crippen LogP contribution < -0.4 is 5.32 Å². The number of ether oxygens (including phenoxy) is 1. The van der Waals surface area contributed by atoms with Crippen LogP contribution in [0.15, 0.2) is 48.5 Å². The number of rotatable bonds is 12. The standard InChI is InChI=1S/C25H32N2O2/c1-4-16-27(3)17-15-26-25(28)14-19-29-18-13-22-9-11-23(12-10-22)20-24-8-6-5-7-21(24)2/h1,5-12H,13-20H2,2-3H3,(H,26,28). The van der Waals surface area contributed by atoms with Crippen LogP contribution in [0.4, 0.5) is 0 Å². The van der Waals surface area contributed by atoms with Gasteiger partial charge in [-0.15, -0.1) is 6.42 Å². The van der Waals surface area contributed by atoms with Gasteiger partial charge in [-0.1, -0.05) is 54.5 Å². The molecule has 0 aliphatic rings. The lowest BCUT2D eigenvalue weighted by Gasteiger charge is -2.13. The minimum Gasteiger partial charge on any atom is -0.381 e. The van der Waals surface area contributed by atoms with Gasteiger partial charge in [-0.3, -0.25) is 9.69 Å². The molecule has 0 aliphatic carbocycles. The first-order chi connectivity index (χ1) is 14.1. The maximum Gasteiger partial charge on any atom is 0.222 e. The van der Waals surface area contributed by atoms with Crippen molar-refractivity contribution in [1.29, 1.82) is 0 Å². The van der Waals surface area contributed by atoms with Crippen molar-refractivity contribution < 1.29 is 9.53 Å². The minimum absolute atomic E-state index is 0.0136. The zero-order valence-corrected chi connectivity index (χ0v) is 17.6. The summed E-state index contributed by atoms with van der Waals surface area (Å²) in [4.78, 5) is 13.8. The van der Waals surface area contributed by atoms with Crippen molar-refractivity contribution in [3.05, 3.63) is 70.8 Å². The summed E-state index contributed by atoms with van der Waals surface area (Å²) in [5.74, 6) is 2.59. The lowest BCUT2D eigenvalue weighted by Crippen LogP contribution is -2.33. The van der Waals surface area contributed by atoms with E-state index in [0.29, 0.717) is 32.7 Å². The number of nitrogens with zero attached hydrogens (tertiary/aromatic N) is 1. The highest BCUT2D eigenvalue weighted by atomic mass is 16.5. The van der Waals surface area contributed by atoms with Crippen molar-refractivity contribution in [1.82, 2.24) is 10.2 Å². The summed E-state index contributed by atoms with van der Waals surface area (Å²) in [5.41, 5.74) is 5.26. The molecule has 4 heteroatoms. The number of nitrogens with one attached hydrogen (secondary N) is 1. The van der Waals surface area contributed by atoms with Gasteiger partial charge in [0.05, 0.1) is 19.8 Å². The van der Waals surface area contributed by atoms with E-state index in [0.717, 1.165) is 19.4 Å². The molecule has 154 valence electrons. The molecule has 0 bridgehead atoms. The Labute approximate surface area is 175 Å². The fourth-order valence-electron chi connectivity index (χ4n) is 3.02. The molecule has 0 aliphatic heterocycles. The Morgan fingerprint density at radius 3 is 2.55 bits per heavy atom. The highest BCUT2D eigenvalue weighted by Gasteiger charge is 2.03. The van der Waals surface area contributed by atoms with Crippen LogP contribution in [0, 0.1) is 19.3 Å². The first kappa shape index (κ1) is 22.7. The van der Waals surface area contributed by atoms with Crippen LogP contribution in [-0.4, -0.2) is 50.7 Å². The zero-order valence-electron chi connectivity index (χ0n) is 17.6. The Hall–Kier alpha value is -2.61. The van der Waals surface area contributed by atoms with Crippen LogP contribution in [0.3, 0.4) is 0 Å². The van der Waals surface area contributed by atoms with Crippen molar-refractivity contribution in [2.24, 2.45) is 0 Å². The second-order valence-corrected chi connectivity index (χ2v) is 7.32. The lowest BCUT2D eigenvalue weighted by molar-refractivity contribution is -0.122. The molecule has 29 heavy (non-hydrogen) atoms. The topological polar surface area (TPSA) is 41.6 Å². The van der Waals surface area contributed by atoms with E-state index in [1.165, 1.54) is 22.3 Å². The number of hydrogen-bond acceptors (Lipinski definition) is 3. The van der Waals surface area contributed by atoms with Gasteiger partial charge in [-0.25, -0.2) is 0 Å². The van der Waals surface area contributed by atoms with E-state index < -0.39 is 0 Å². The van der Waals surface area contributed by atoms with Crippen LogP contribution in [0.5, 0.6) is 0 Å². The highest BCUT2D eigenvalue weighted by molar-refractivity contribution is 5.75. The number of hydrogen-bond donors (Lipinski definition) is 1. The summed E-state index contributed by atoms with van der Waals surface area (Å²) in [7, 11) is 1.93. The molecule has 0 saturated carbocycles. The average molecular weight is 393 g/mol. The van der Waals surface area contributed by atoms with Gasteiger partial charge in [0.25, 0.3) is 0 Å². The Balaban J connectivity index is 1.59. The van der Waals surface area contributed by atoms with Gasteiger partial charge in [0.2, 0.25) is 5.91 Å². The third-order valence-electron chi connectivity index (χ3n) is 4.86. The number of likely N-dealkylation sites (N-methyl/N-ethyl adjacent to an activating group) is 1. The summed E-state index contributed by atoms with van der Waals surface area (Å²) in [6.07, 6.45) is 7.43. The monoisotopic (exact) mass is 392 g/mol. The first-order valence-corrected chi connectivity index (χ1v) is 10.2.